The Morgan fingerprint density at radius 1 is 0.967 bits per heavy atom. The van der Waals surface area contributed by atoms with Crippen molar-refractivity contribution in [1.82, 2.24) is 19.7 Å². The first-order valence-electron chi connectivity index (χ1n) is 10.3. The summed E-state index contributed by atoms with van der Waals surface area (Å²) in [6.45, 7) is 5.76. The summed E-state index contributed by atoms with van der Waals surface area (Å²) in [5.41, 5.74) is 2.26. The van der Waals surface area contributed by atoms with Gasteiger partial charge in [0.05, 0.1) is 5.52 Å². The monoisotopic (exact) mass is 418 g/mol. The molecule has 0 amide bonds. The smallest absolute Gasteiger partial charge is 0.191 e. The van der Waals surface area contributed by atoms with Gasteiger partial charge < -0.3 is 9.30 Å². The van der Waals surface area contributed by atoms with Crippen molar-refractivity contribution in [3.8, 4) is 5.75 Å². The van der Waals surface area contributed by atoms with Crippen LogP contribution in [-0.2, 0) is 18.9 Å². The molecule has 0 unspecified atom stereocenters. The lowest BCUT2D eigenvalue weighted by Gasteiger charge is -2.12. The highest BCUT2D eigenvalue weighted by Crippen LogP contribution is 2.26. The van der Waals surface area contributed by atoms with Gasteiger partial charge in [-0.2, -0.15) is 0 Å². The quantitative estimate of drug-likeness (QED) is 0.324. The van der Waals surface area contributed by atoms with Crippen LogP contribution >= 0.6 is 11.8 Å². The maximum absolute atomic E-state index is 5.93. The summed E-state index contributed by atoms with van der Waals surface area (Å²) in [6, 6.07) is 20.2. The van der Waals surface area contributed by atoms with Gasteiger partial charge in [0.15, 0.2) is 11.0 Å². The van der Waals surface area contributed by atoms with Crippen molar-refractivity contribution in [1.29, 1.82) is 0 Å². The zero-order chi connectivity index (χ0) is 20.8. The van der Waals surface area contributed by atoms with E-state index in [1.165, 1.54) is 5.56 Å². The lowest BCUT2D eigenvalue weighted by molar-refractivity contribution is 0.285. The summed E-state index contributed by atoms with van der Waals surface area (Å²) in [7, 11) is 0. The predicted molar refractivity (Wildman–Crippen MR) is 122 cm³/mol. The maximum atomic E-state index is 5.93. The highest BCUT2D eigenvalue weighted by atomic mass is 32.2. The fourth-order valence-electron chi connectivity index (χ4n) is 3.24. The average Bonchev–Trinajstić information content (AvgIpc) is 3.17. The number of thioether (sulfide) groups is 1. The molecule has 0 aliphatic carbocycles. The first-order chi connectivity index (χ1) is 14.7. The minimum atomic E-state index is 0.408. The number of rotatable bonds is 9. The molecule has 2 aromatic carbocycles. The fourth-order valence-corrected chi connectivity index (χ4v) is 4.20. The summed E-state index contributed by atoms with van der Waals surface area (Å²) >= 11 is 1.70. The number of hydrogen-bond donors (Lipinski definition) is 0. The molecule has 0 N–H and O–H groups in total. The number of para-hydroxylation sites is 2. The van der Waals surface area contributed by atoms with Gasteiger partial charge in [0.25, 0.3) is 0 Å². The van der Waals surface area contributed by atoms with Crippen LogP contribution in [0.5, 0.6) is 5.75 Å². The molecule has 2 heterocycles. The van der Waals surface area contributed by atoms with Gasteiger partial charge >= 0.3 is 0 Å². The van der Waals surface area contributed by atoms with Crippen LogP contribution in [0.1, 0.15) is 31.7 Å². The predicted octanol–water partition coefficient (Wildman–Crippen LogP) is 5.74. The first-order valence-corrected chi connectivity index (χ1v) is 11.2. The SMILES string of the molecule is CC(C)CCn1c(COc2ccccc2)nnc1SCc1cccc2cccnc12. The van der Waals surface area contributed by atoms with Crippen LogP contribution in [0.25, 0.3) is 10.9 Å². The van der Waals surface area contributed by atoms with E-state index in [4.69, 9.17) is 4.74 Å². The van der Waals surface area contributed by atoms with Gasteiger partial charge in [-0.1, -0.05) is 68.1 Å². The molecule has 0 spiro atoms. The minimum absolute atomic E-state index is 0.408. The molecule has 0 fully saturated rings. The second-order valence-corrected chi connectivity index (χ2v) is 8.56. The van der Waals surface area contributed by atoms with E-state index in [1.54, 1.807) is 11.8 Å². The fraction of sp³-hybridized carbons (Fsp3) is 0.292. The number of fused-ring (bicyclic) bond motifs is 1. The Bertz CT molecular complexity index is 1090. The molecule has 0 bridgehead atoms. The Labute approximate surface area is 181 Å². The molecule has 0 aliphatic rings. The van der Waals surface area contributed by atoms with Crippen molar-refractivity contribution in [2.24, 2.45) is 5.92 Å². The van der Waals surface area contributed by atoms with Crippen LogP contribution in [0.2, 0.25) is 0 Å². The van der Waals surface area contributed by atoms with Gasteiger partial charge in [-0.15, -0.1) is 10.2 Å². The van der Waals surface area contributed by atoms with Crippen molar-refractivity contribution >= 4 is 22.7 Å². The molecule has 0 saturated carbocycles. The first kappa shape index (κ1) is 20.4. The maximum Gasteiger partial charge on any atom is 0.191 e. The molecule has 0 radical (unpaired) electrons. The second-order valence-electron chi connectivity index (χ2n) is 7.62. The number of hydrogen-bond acceptors (Lipinski definition) is 5. The summed E-state index contributed by atoms with van der Waals surface area (Å²) < 4.78 is 8.13. The molecule has 6 heteroatoms. The van der Waals surface area contributed by atoms with Crippen molar-refractivity contribution in [2.45, 2.75) is 44.3 Å². The van der Waals surface area contributed by atoms with Crippen LogP contribution < -0.4 is 4.74 Å². The Morgan fingerprint density at radius 2 is 1.80 bits per heavy atom. The van der Waals surface area contributed by atoms with E-state index in [2.05, 4.69) is 57.9 Å². The lowest BCUT2D eigenvalue weighted by Crippen LogP contribution is -2.10. The van der Waals surface area contributed by atoms with Crippen molar-refractivity contribution in [2.75, 3.05) is 0 Å². The van der Waals surface area contributed by atoms with Gasteiger partial charge in [0, 0.05) is 23.9 Å². The van der Waals surface area contributed by atoms with E-state index in [0.29, 0.717) is 12.5 Å². The van der Waals surface area contributed by atoms with Crippen molar-refractivity contribution < 1.29 is 4.74 Å². The lowest BCUT2D eigenvalue weighted by atomic mass is 10.1. The zero-order valence-corrected chi connectivity index (χ0v) is 18.2. The molecule has 154 valence electrons. The molecule has 2 aromatic heterocycles. The van der Waals surface area contributed by atoms with E-state index in [-0.39, 0.29) is 0 Å². The number of aromatic nitrogens is 4. The molecule has 30 heavy (non-hydrogen) atoms. The van der Waals surface area contributed by atoms with Gasteiger partial charge in [-0.3, -0.25) is 4.98 Å². The number of nitrogens with zero attached hydrogens (tertiary/aromatic N) is 4. The van der Waals surface area contributed by atoms with E-state index in [1.807, 2.05) is 42.6 Å². The third-order valence-corrected chi connectivity index (χ3v) is 5.92. The Balaban J connectivity index is 1.52. The minimum Gasteiger partial charge on any atom is -0.486 e. The van der Waals surface area contributed by atoms with Gasteiger partial charge in [0.2, 0.25) is 0 Å². The molecule has 0 saturated heterocycles. The summed E-state index contributed by atoms with van der Waals surface area (Å²) in [6.07, 6.45) is 2.92. The third kappa shape index (κ3) is 5.00. The van der Waals surface area contributed by atoms with E-state index < -0.39 is 0 Å². The molecular weight excluding hydrogens is 392 g/mol. The third-order valence-electron chi connectivity index (χ3n) is 4.91. The Morgan fingerprint density at radius 3 is 2.63 bits per heavy atom. The number of pyridine rings is 1. The van der Waals surface area contributed by atoms with E-state index in [9.17, 15) is 0 Å². The van der Waals surface area contributed by atoms with Gasteiger partial charge in [-0.25, -0.2) is 0 Å². The number of benzene rings is 2. The van der Waals surface area contributed by atoms with Crippen LogP contribution in [-0.4, -0.2) is 19.7 Å². The Hall–Kier alpha value is -2.86. The van der Waals surface area contributed by atoms with Crippen LogP contribution in [0.15, 0.2) is 72.0 Å². The highest BCUT2D eigenvalue weighted by Gasteiger charge is 2.15. The second kappa shape index (κ2) is 9.76. The number of ether oxygens (including phenoxy) is 1. The van der Waals surface area contributed by atoms with Gasteiger partial charge in [-0.05, 0) is 36.1 Å². The molecule has 0 aliphatic heterocycles. The zero-order valence-electron chi connectivity index (χ0n) is 17.4. The summed E-state index contributed by atoms with van der Waals surface area (Å²) in [5, 5.41) is 11.0. The molecule has 4 rings (SSSR count). The van der Waals surface area contributed by atoms with Crippen LogP contribution in [0.4, 0.5) is 0 Å². The van der Waals surface area contributed by atoms with Crippen LogP contribution in [0, 0.1) is 5.92 Å². The Kier molecular flexibility index (Phi) is 6.64. The molecule has 4 aromatic rings. The van der Waals surface area contributed by atoms with Crippen LogP contribution in [0.3, 0.4) is 0 Å². The summed E-state index contributed by atoms with van der Waals surface area (Å²) in [5.74, 6) is 3.11. The van der Waals surface area contributed by atoms with Gasteiger partial charge in [0.1, 0.15) is 12.4 Å². The van der Waals surface area contributed by atoms with Crippen molar-refractivity contribution in [3.63, 3.8) is 0 Å². The molecular formula is C24H26N4OS. The normalized spacial score (nSPS) is 11.3. The largest absolute Gasteiger partial charge is 0.486 e. The van der Waals surface area contributed by atoms with E-state index in [0.717, 1.165) is 46.4 Å². The van der Waals surface area contributed by atoms with E-state index >= 15 is 0 Å². The molecule has 5 nitrogen and oxygen atoms in total. The highest BCUT2D eigenvalue weighted by molar-refractivity contribution is 7.98. The van der Waals surface area contributed by atoms with Crippen molar-refractivity contribution in [3.05, 3.63) is 78.2 Å². The summed E-state index contributed by atoms with van der Waals surface area (Å²) in [4.78, 5) is 4.57. The molecule has 0 atom stereocenters. The standard InChI is InChI=1S/C24H26N4OS/c1-18(2)13-15-28-22(16-29-21-11-4-3-5-12-21)26-27-24(28)30-17-20-9-6-8-19-10-7-14-25-23(19)20/h3-12,14,18H,13,15-17H2,1-2H3. The topological polar surface area (TPSA) is 52.8 Å². The average molecular weight is 419 g/mol.